The van der Waals surface area contributed by atoms with E-state index in [0.717, 1.165) is 26.3 Å². The molecule has 7 heteroatoms. The van der Waals surface area contributed by atoms with Crippen LogP contribution in [0.25, 0.3) is 0 Å². The fourth-order valence-corrected chi connectivity index (χ4v) is 3.74. The van der Waals surface area contributed by atoms with Gasteiger partial charge >= 0.3 is 6.03 Å². The molecule has 6 nitrogen and oxygen atoms in total. The van der Waals surface area contributed by atoms with E-state index in [4.69, 9.17) is 9.47 Å². The third kappa shape index (κ3) is 4.72. The minimum atomic E-state index is -0.237. The van der Waals surface area contributed by atoms with E-state index in [0.29, 0.717) is 18.0 Å². The van der Waals surface area contributed by atoms with Gasteiger partial charge in [-0.05, 0) is 23.6 Å². The Morgan fingerprint density at radius 1 is 1.28 bits per heavy atom. The van der Waals surface area contributed by atoms with E-state index in [9.17, 15) is 4.79 Å². The van der Waals surface area contributed by atoms with E-state index in [1.807, 2.05) is 30.3 Å². The van der Waals surface area contributed by atoms with Crippen LogP contribution in [0.4, 0.5) is 10.5 Å². The highest BCUT2D eigenvalue weighted by molar-refractivity contribution is 7.10. The lowest BCUT2D eigenvalue weighted by molar-refractivity contribution is 0.0175. The summed E-state index contributed by atoms with van der Waals surface area (Å²) < 4.78 is 10.7. The van der Waals surface area contributed by atoms with Gasteiger partial charge in [-0.1, -0.05) is 18.2 Å². The van der Waals surface area contributed by atoms with Crippen molar-refractivity contribution in [1.82, 2.24) is 10.2 Å². The predicted molar refractivity (Wildman–Crippen MR) is 99.5 cm³/mol. The summed E-state index contributed by atoms with van der Waals surface area (Å²) in [6.45, 7) is 3.75. The largest absolute Gasteiger partial charge is 0.495 e. The summed E-state index contributed by atoms with van der Waals surface area (Å²) in [5.41, 5.74) is 0.654. The number of urea groups is 1. The number of amides is 2. The summed E-state index contributed by atoms with van der Waals surface area (Å²) in [4.78, 5) is 15.9. The fourth-order valence-electron chi connectivity index (χ4n) is 2.88. The molecule has 0 aliphatic carbocycles. The van der Waals surface area contributed by atoms with Gasteiger partial charge in [0.25, 0.3) is 0 Å². The van der Waals surface area contributed by atoms with E-state index in [1.165, 1.54) is 4.88 Å². The van der Waals surface area contributed by atoms with Gasteiger partial charge < -0.3 is 20.1 Å². The highest BCUT2D eigenvalue weighted by atomic mass is 32.1. The van der Waals surface area contributed by atoms with Crippen molar-refractivity contribution in [3.63, 3.8) is 0 Å². The van der Waals surface area contributed by atoms with Gasteiger partial charge in [0.05, 0.1) is 32.1 Å². The number of carbonyl (C=O) groups is 1. The van der Waals surface area contributed by atoms with Crippen LogP contribution in [-0.2, 0) is 4.74 Å². The number of anilines is 1. The maximum Gasteiger partial charge on any atom is 0.319 e. The molecule has 0 spiro atoms. The molecule has 1 aromatic heterocycles. The molecule has 2 amide bonds. The number of benzene rings is 1. The number of ether oxygens (including phenoxy) is 2. The Balaban J connectivity index is 1.61. The molecular formula is C18H23N3O3S. The second-order valence-corrected chi connectivity index (χ2v) is 6.69. The number of hydrogen-bond acceptors (Lipinski definition) is 5. The first-order chi connectivity index (χ1) is 12.3. The van der Waals surface area contributed by atoms with Crippen molar-refractivity contribution >= 4 is 23.1 Å². The molecule has 2 heterocycles. The van der Waals surface area contributed by atoms with E-state index >= 15 is 0 Å². The maximum absolute atomic E-state index is 12.3. The van der Waals surface area contributed by atoms with Gasteiger partial charge in [-0.2, -0.15) is 0 Å². The van der Waals surface area contributed by atoms with Gasteiger partial charge in [0.1, 0.15) is 5.75 Å². The minimum Gasteiger partial charge on any atom is -0.495 e. The fraction of sp³-hybridized carbons (Fsp3) is 0.389. The van der Waals surface area contributed by atoms with Crippen LogP contribution in [0.1, 0.15) is 10.9 Å². The molecule has 1 aliphatic rings. The molecule has 0 bridgehead atoms. The van der Waals surface area contributed by atoms with Crippen LogP contribution in [-0.4, -0.2) is 50.9 Å². The van der Waals surface area contributed by atoms with Crippen molar-refractivity contribution in [2.75, 3.05) is 45.3 Å². The molecule has 1 atom stereocenters. The highest BCUT2D eigenvalue weighted by Crippen LogP contribution is 2.26. The number of nitrogens with one attached hydrogen (secondary N) is 2. The van der Waals surface area contributed by atoms with Crippen molar-refractivity contribution < 1.29 is 14.3 Å². The normalized spacial score (nSPS) is 16.2. The van der Waals surface area contributed by atoms with Crippen molar-refractivity contribution in [3.8, 4) is 5.75 Å². The van der Waals surface area contributed by atoms with Crippen LogP contribution in [0, 0.1) is 0 Å². The first-order valence-corrected chi connectivity index (χ1v) is 9.19. The molecule has 2 N–H and O–H groups in total. The van der Waals surface area contributed by atoms with E-state index in [1.54, 1.807) is 18.4 Å². The molecule has 1 saturated heterocycles. The van der Waals surface area contributed by atoms with Gasteiger partial charge in [0.2, 0.25) is 0 Å². The van der Waals surface area contributed by atoms with Gasteiger partial charge in [0.15, 0.2) is 0 Å². The van der Waals surface area contributed by atoms with Crippen molar-refractivity contribution in [2.45, 2.75) is 6.04 Å². The average molecular weight is 361 g/mol. The molecule has 134 valence electrons. The molecular weight excluding hydrogens is 338 g/mol. The maximum atomic E-state index is 12.3. The quantitative estimate of drug-likeness (QED) is 0.830. The standard InChI is InChI=1S/C18H23N3O3S/c1-23-16-6-3-2-5-14(16)20-18(22)19-13-15(17-7-4-12-25-17)21-8-10-24-11-9-21/h2-7,12,15H,8-11,13H2,1H3,(H2,19,20,22)/t15-/m0/s1. The Bertz CT molecular complexity index is 672. The van der Waals surface area contributed by atoms with Crippen molar-refractivity contribution in [3.05, 3.63) is 46.7 Å². The summed E-state index contributed by atoms with van der Waals surface area (Å²) in [6.07, 6.45) is 0. The van der Waals surface area contributed by atoms with Gasteiger partial charge in [0, 0.05) is 24.5 Å². The summed E-state index contributed by atoms with van der Waals surface area (Å²) in [6, 6.07) is 11.4. The lowest BCUT2D eigenvalue weighted by Gasteiger charge is -2.34. The van der Waals surface area contributed by atoms with Crippen molar-refractivity contribution in [2.24, 2.45) is 0 Å². The van der Waals surface area contributed by atoms with Crippen LogP contribution in [0.5, 0.6) is 5.75 Å². The van der Waals surface area contributed by atoms with Gasteiger partial charge in [-0.25, -0.2) is 4.79 Å². The van der Waals surface area contributed by atoms with Gasteiger partial charge in [-0.3, -0.25) is 4.90 Å². The number of nitrogens with zero attached hydrogens (tertiary/aromatic N) is 1. The minimum absolute atomic E-state index is 0.160. The van der Waals surface area contributed by atoms with Crippen LogP contribution in [0.2, 0.25) is 0 Å². The monoisotopic (exact) mass is 361 g/mol. The van der Waals surface area contributed by atoms with Crippen molar-refractivity contribution in [1.29, 1.82) is 0 Å². The van der Waals surface area contributed by atoms with Gasteiger partial charge in [-0.15, -0.1) is 11.3 Å². The van der Waals surface area contributed by atoms with Crippen LogP contribution >= 0.6 is 11.3 Å². The third-order valence-corrected chi connectivity index (χ3v) is 5.14. The molecule has 0 radical (unpaired) electrons. The SMILES string of the molecule is COc1ccccc1NC(=O)NC[C@@H](c1cccs1)N1CCOCC1. The number of para-hydroxylation sites is 2. The Hall–Kier alpha value is -2.09. The Morgan fingerprint density at radius 3 is 2.80 bits per heavy atom. The highest BCUT2D eigenvalue weighted by Gasteiger charge is 2.24. The molecule has 1 fully saturated rings. The third-order valence-electron chi connectivity index (χ3n) is 4.17. The molecule has 0 unspecified atom stereocenters. The molecule has 0 saturated carbocycles. The summed E-state index contributed by atoms with van der Waals surface area (Å²) in [5.74, 6) is 0.639. The number of thiophene rings is 1. The zero-order valence-corrected chi connectivity index (χ0v) is 15.1. The molecule has 3 rings (SSSR count). The first kappa shape index (κ1) is 17.7. The number of methoxy groups -OCH3 is 1. The Labute approximate surface area is 151 Å². The summed E-state index contributed by atoms with van der Waals surface area (Å²) in [5, 5.41) is 7.90. The summed E-state index contributed by atoms with van der Waals surface area (Å²) in [7, 11) is 1.59. The van der Waals surface area contributed by atoms with Crippen LogP contribution in [0.15, 0.2) is 41.8 Å². The summed E-state index contributed by atoms with van der Waals surface area (Å²) >= 11 is 1.71. The van der Waals surface area contributed by atoms with Crippen LogP contribution in [0.3, 0.4) is 0 Å². The number of hydrogen-bond donors (Lipinski definition) is 2. The first-order valence-electron chi connectivity index (χ1n) is 8.31. The average Bonchev–Trinajstić information content (AvgIpc) is 3.18. The number of rotatable bonds is 6. The smallest absolute Gasteiger partial charge is 0.319 e. The molecule has 1 aromatic carbocycles. The zero-order chi connectivity index (χ0) is 17.5. The second kappa shape index (κ2) is 8.84. The lowest BCUT2D eigenvalue weighted by Crippen LogP contribution is -2.44. The zero-order valence-electron chi connectivity index (χ0n) is 14.2. The number of morpholine rings is 1. The topological polar surface area (TPSA) is 62.8 Å². The second-order valence-electron chi connectivity index (χ2n) is 5.71. The molecule has 1 aliphatic heterocycles. The van der Waals surface area contributed by atoms with Crippen LogP contribution < -0.4 is 15.4 Å². The van der Waals surface area contributed by atoms with E-state index < -0.39 is 0 Å². The van der Waals surface area contributed by atoms with E-state index in [2.05, 4.69) is 27.0 Å². The Kier molecular flexibility index (Phi) is 6.27. The lowest BCUT2D eigenvalue weighted by atomic mass is 10.2. The molecule has 2 aromatic rings. The predicted octanol–water partition coefficient (Wildman–Crippen LogP) is 2.95. The number of carbonyl (C=O) groups excluding carboxylic acids is 1. The van der Waals surface area contributed by atoms with E-state index in [-0.39, 0.29) is 12.1 Å². The Morgan fingerprint density at radius 2 is 2.08 bits per heavy atom. The molecule has 25 heavy (non-hydrogen) atoms.